The van der Waals surface area contributed by atoms with Crippen molar-refractivity contribution in [1.82, 2.24) is 0 Å². The molecule has 2 heteroatoms. The minimum absolute atomic E-state index is 0.384. The van der Waals surface area contributed by atoms with Gasteiger partial charge in [-0.3, -0.25) is 0 Å². The van der Waals surface area contributed by atoms with Gasteiger partial charge in [0.15, 0.2) is 0 Å². The quantitative estimate of drug-likeness (QED) is 0.616. The summed E-state index contributed by atoms with van der Waals surface area (Å²) >= 11 is 2.37. The topological polar surface area (TPSA) is 9.23 Å². The molecule has 1 unspecified atom stereocenters. The number of fused-ring (bicyclic) bond motifs is 1. The molecule has 76 valence electrons. The number of benzene rings is 1. The number of rotatable bonds is 3. The lowest BCUT2D eigenvalue weighted by molar-refractivity contribution is 0.0186. The maximum Gasteiger partial charge on any atom is 0.0659 e. The summed E-state index contributed by atoms with van der Waals surface area (Å²) in [6.45, 7) is 2.15. The fourth-order valence-corrected chi connectivity index (χ4v) is 2.19. The molecule has 0 saturated carbocycles. The molecule has 0 fully saturated rings. The van der Waals surface area contributed by atoms with Crippen LogP contribution in [0.25, 0.3) is 0 Å². The number of alkyl halides is 1. The van der Waals surface area contributed by atoms with E-state index in [-0.39, 0.29) is 0 Å². The molecule has 0 radical (unpaired) electrons. The predicted molar refractivity (Wildman–Crippen MR) is 67.1 cm³/mol. The molecule has 0 heterocycles. The molecule has 14 heavy (non-hydrogen) atoms. The first-order valence-corrected chi connectivity index (χ1v) is 6.60. The molecule has 0 aromatic heterocycles. The molecule has 0 bridgehead atoms. The van der Waals surface area contributed by atoms with E-state index in [1.165, 1.54) is 11.1 Å². The van der Waals surface area contributed by atoms with Gasteiger partial charge in [0, 0.05) is 4.43 Å². The predicted octanol–water partition coefficient (Wildman–Crippen LogP) is 2.99. The molecule has 0 aliphatic heterocycles. The summed E-state index contributed by atoms with van der Waals surface area (Å²) in [4.78, 5) is 0. The van der Waals surface area contributed by atoms with Crippen LogP contribution < -0.4 is 0 Å². The summed E-state index contributed by atoms with van der Waals surface area (Å²) in [7, 11) is 0. The molecular formula is C12H15IO. The fourth-order valence-electron chi connectivity index (χ4n) is 1.98. The lowest BCUT2D eigenvalue weighted by Gasteiger charge is -2.15. The van der Waals surface area contributed by atoms with Crippen molar-refractivity contribution in [2.24, 2.45) is 0 Å². The van der Waals surface area contributed by atoms with Crippen LogP contribution >= 0.6 is 22.6 Å². The van der Waals surface area contributed by atoms with E-state index in [0.29, 0.717) is 12.2 Å². The zero-order valence-electron chi connectivity index (χ0n) is 8.37. The van der Waals surface area contributed by atoms with E-state index in [1.54, 1.807) is 0 Å². The number of hydrogen-bond acceptors (Lipinski definition) is 1. The van der Waals surface area contributed by atoms with Crippen LogP contribution in [0.2, 0.25) is 0 Å². The minimum atomic E-state index is 0.384. The Morgan fingerprint density at radius 1 is 1.36 bits per heavy atom. The summed E-state index contributed by atoms with van der Waals surface area (Å²) in [6.07, 6.45) is 2.99. The van der Waals surface area contributed by atoms with Crippen molar-refractivity contribution in [3.8, 4) is 0 Å². The second kappa shape index (κ2) is 4.62. The Morgan fingerprint density at radius 2 is 1.93 bits per heavy atom. The monoisotopic (exact) mass is 302 g/mol. The normalized spacial score (nSPS) is 18.1. The van der Waals surface area contributed by atoms with Gasteiger partial charge in [-0.25, -0.2) is 0 Å². The van der Waals surface area contributed by atoms with Gasteiger partial charge in [-0.1, -0.05) is 46.9 Å². The molecule has 1 aromatic carbocycles. The maximum atomic E-state index is 5.94. The first-order valence-electron chi connectivity index (χ1n) is 5.08. The van der Waals surface area contributed by atoms with Gasteiger partial charge < -0.3 is 4.74 Å². The molecule has 1 nitrogen and oxygen atoms in total. The fraction of sp³-hybridized carbons (Fsp3) is 0.500. The van der Waals surface area contributed by atoms with Crippen LogP contribution in [0.1, 0.15) is 18.1 Å². The Balaban J connectivity index is 1.98. The molecule has 2 rings (SSSR count). The second-order valence-electron chi connectivity index (χ2n) is 3.90. The molecule has 0 N–H and O–H groups in total. The van der Waals surface area contributed by atoms with Crippen molar-refractivity contribution in [2.75, 3.05) is 4.43 Å². The van der Waals surface area contributed by atoms with E-state index in [9.17, 15) is 0 Å². The zero-order valence-corrected chi connectivity index (χ0v) is 10.5. The Bertz CT molecular complexity index is 286. The second-order valence-corrected chi connectivity index (χ2v) is 4.78. The van der Waals surface area contributed by atoms with Crippen molar-refractivity contribution in [3.63, 3.8) is 0 Å². The lowest BCUT2D eigenvalue weighted by atomic mass is 10.1. The summed E-state index contributed by atoms with van der Waals surface area (Å²) in [6, 6.07) is 8.66. The van der Waals surface area contributed by atoms with E-state index in [4.69, 9.17) is 4.74 Å². The van der Waals surface area contributed by atoms with Crippen molar-refractivity contribution in [3.05, 3.63) is 35.4 Å². The highest BCUT2D eigenvalue weighted by molar-refractivity contribution is 14.1. The molecule has 1 aliphatic carbocycles. The van der Waals surface area contributed by atoms with Gasteiger partial charge in [0.1, 0.15) is 0 Å². The third-order valence-electron chi connectivity index (χ3n) is 2.66. The summed E-state index contributed by atoms with van der Waals surface area (Å²) < 4.78 is 7.01. The standard InChI is InChI=1S/C12H15IO/c1-9(8-13)14-12-6-10-4-2-3-5-11(10)7-12/h2-5,9,12H,6-8H2,1H3. The molecule has 0 amide bonds. The smallest absolute Gasteiger partial charge is 0.0659 e. The Hall–Kier alpha value is -0.0900. The Morgan fingerprint density at radius 3 is 2.43 bits per heavy atom. The third-order valence-corrected chi connectivity index (χ3v) is 3.90. The Kier molecular flexibility index (Phi) is 3.44. The van der Waals surface area contributed by atoms with Gasteiger partial charge in [0.2, 0.25) is 0 Å². The number of halogens is 1. The van der Waals surface area contributed by atoms with Crippen molar-refractivity contribution >= 4 is 22.6 Å². The summed E-state index contributed by atoms with van der Waals surface area (Å²) in [5.41, 5.74) is 2.94. The van der Waals surface area contributed by atoms with Gasteiger partial charge in [-0.15, -0.1) is 0 Å². The number of hydrogen-bond donors (Lipinski definition) is 0. The summed E-state index contributed by atoms with van der Waals surface area (Å²) in [5, 5.41) is 0. The highest BCUT2D eigenvalue weighted by Gasteiger charge is 2.22. The average molecular weight is 302 g/mol. The van der Waals surface area contributed by atoms with Gasteiger partial charge in [-0.2, -0.15) is 0 Å². The van der Waals surface area contributed by atoms with E-state index in [1.807, 2.05) is 0 Å². The SMILES string of the molecule is CC(CI)OC1Cc2ccccc2C1. The van der Waals surface area contributed by atoms with E-state index >= 15 is 0 Å². The van der Waals surface area contributed by atoms with E-state index < -0.39 is 0 Å². The summed E-state index contributed by atoms with van der Waals surface area (Å²) in [5.74, 6) is 0. The molecule has 1 aromatic rings. The van der Waals surface area contributed by atoms with Crippen LogP contribution in [0.15, 0.2) is 24.3 Å². The average Bonchev–Trinajstić information content (AvgIpc) is 2.59. The van der Waals surface area contributed by atoms with Gasteiger partial charge in [-0.05, 0) is 30.9 Å². The first kappa shape index (κ1) is 10.4. The van der Waals surface area contributed by atoms with Crippen LogP contribution in [0, 0.1) is 0 Å². The van der Waals surface area contributed by atoms with Crippen molar-refractivity contribution in [2.45, 2.75) is 32.0 Å². The third kappa shape index (κ3) is 2.28. The van der Waals surface area contributed by atoms with Gasteiger partial charge in [0.25, 0.3) is 0 Å². The van der Waals surface area contributed by atoms with E-state index in [0.717, 1.165) is 17.3 Å². The lowest BCUT2D eigenvalue weighted by Crippen LogP contribution is -2.21. The van der Waals surface area contributed by atoms with Crippen LogP contribution in [0.5, 0.6) is 0 Å². The molecule has 0 spiro atoms. The number of ether oxygens (including phenoxy) is 1. The van der Waals surface area contributed by atoms with Crippen LogP contribution in [0.3, 0.4) is 0 Å². The minimum Gasteiger partial charge on any atom is -0.374 e. The molecular weight excluding hydrogens is 287 g/mol. The van der Waals surface area contributed by atoms with Gasteiger partial charge in [0.05, 0.1) is 12.2 Å². The Labute approximate surface area is 99.0 Å². The first-order chi connectivity index (χ1) is 6.79. The zero-order chi connectivity index (χ0) is 9.97. The molecule has 0 saturated heterocycles. The van der Waals surface area contributed by atoms with Crippen LogP contribution in [-0.2, 0) is 17.6 Å². The largest absolute Gasteiger partial charge is 0.374 e. The van der Waals surface area contributed by atoms with Crippen LogP contribution in [0.4, 0.5) is 0 Å². The van der Waals surface area contributed by atoms with Gasteiger partial charge >= 0.3 is 0 Å². The van der Waals surface area contributed by atoms with Crippen LogP contribution in [-0.4, -0.2) is 16.6 Å². The highest BCUT2D eigenvalue weighted by atomic mass is 127. The van der Waals surface area contributed by atoms with E-state index in [2.05, 4.69) is 53.8 Å². The maximum absolute atomic E-state index is 5.94. The van der Waals surface area contributed by atoms with Crippen molar-refractivity contribution in [1.29, 1.82) is 0 Å². The van der Waals surface area contributed by atoms with Crippen molar-refractivity contribution < 1.29 is 4.74 Å². The molecule has 1 aliphatic rings. The highest BCUT2D eigenvalue weighted by Crippen LogP contribution is 2.24. The molecule has 1 atom stereocenters.